The van der Waals surface area contributed by atoms with Crippen LogP contribution in [-0.4, -0.2) is 37.4 Å². The molecule has 1 saturated carbocycles. The molecule has 5 heteroatoms. The molecule has 0 heterocycles. The zero-order valence-electron chi connectivity index (χ0n) is 13.7. The molecule has 1 aliphatic carbocycles. The van der Waals surface area contributed by atoms with Gasteiger partial charge in [0.15, 0.2) is 0 Å². The molecule has 0 aromatic heterocycles. The third-order valence-electron chi connectivity index (χ3n) is 4.19. The minimum atomic E-state index is -0.198. The van der Waals surface area contributed by atoms with Crippen molar-refractivity contribution in [2.24, 2.45) is 0 Å². The van der Waals surface area contributed by atoms with Crippen LogP contribution < -0.4 is 15.5 Å². The van der Waals surface area contributed by atoms with Crippen LogP contribution >= 0.6 is 0 Å². The third-order valence-corrected chi connectivity index (χ3v) is 4.19. The average molecular weight is 305 g/mol. The van der Waals surface area contributed by atoms with E-state index in [-0.39, 0.29) is 18.2 Å². The van der Waals surface area contributed by atoms with Crippen molar-refractivity contribution in [1.29, 1.82) is 0 Å². The highest BCUT2D eigenvalue weighted by Gasteiger charge is 2.20. The number of nitrogens with zero attached hydrogens (tertiary/aromatic N) is 1. The van der Waals surface area contributed by atoms with E-state index in [1.54, 1.807) is 0 Å². The van der Waals surface area contributed by atoms with E-state index in [9.17, 15) is 9.90 Å². The second-order valence-corrected chi connectivity index (χ2v) is 6.36. The Balaban J connectivity index is 1.86. The first-order chi connectivity index (χ1) is 10.5. The van der Waals surface area contributed by atoms with Gasteiger partial charge in [-0.05, 0) is 49.8 Å². The smallest absolute Gasteiger partial charge is 0.315 e. The monoisotopic (exact) mass is 305 g/mol. The lowest BCUT2D eigenvalue weighted by Crippen LogP contribution is -2.44. The first-order valence-corrected chi connectivity index (χ1v) is 7.95. The maximum absolute atomic E-state index is 12.0. The van der Waals surface area contributed by atoms with Gasteiger partial charge >= 0.3 is 6.03 Å². The number of nitrogens with one attached hydrogen (secondary N) is 2. The highest BCUT2D eigenvalue weighted by Crippen LogP contribution is 2.20. The number of aryl methyl sites for hydroxylation is 1. The average Bonchev–Trinajstić information content (AvgIpc) is 2.48. The lowest BCUT2D eigenvalue weighted by atomic mass is 9.93. The van der Waals surface area contributed by atoms with Gasteiger partial charge in [0, 0.05) is 32.4 Å². The lowest BCUT2D eigenvalue weighted by Gasteiger charge is -2.26. The maximum atomic E-state index is 12.0. The van der Waals surface area contributed by atoms with Crippen LogP contribution in [0, 0.1) is 6.92 Å². The molecule has 0 spiro atoms. The fourth-order valence-corrected chi connectivity index (χ4v) is 2.87. The predicted molar refractivity (Wildman–Crippen MR) is 89.1 cm³/mol. The number of amides is 2. The molecule has 2 rings (SSSR count). The molecular weight excluding hydrogens is 278 g/mol. The summed E-state index contributed by atoms with van der Waals surface area (Å²) in [6.45, 7) is 2.57. The fraction of sp³-hybridized carbons (Fsp3) is 0.588. The summed E-state index contributed by atoms with van der Waals surface area (Å²) in [6.07, 6.45) is 3.04. The fourth-order valence-electron chi connectivity index (χ4n) is 2.87. The van der Waals surface area contributed by atoms with Gasteiger partial charge in [0.05, 0.1) is 6.10 Å². The quantitative estimate of drug-likeness (QED) is 0.799. The molecule has 1 fully saturated rings. The Hall–Kier alpha value is -1.75. The van der Waals surface area contributed by atoms with Crippen molar-refractivity contribution in [3.05, 3.63) is 29.3 Å². The van der Waals surface area contributed by atoms with Crippen LogP contribution in [0.4, 0.5) is 10.5 Å². The van der Waals surface area contributed by atoms with E-state index in [0.29, 0.717) is 6.54 Å². The summed E-state index contributed by atoms with van der Waals surface area (Å²) in [5, 5.41) is 15.4. The van der Waals surface area contributed by atoms with Crippen molar-refractivity contribution in [2.45, 2.75) is 51.3 Å². The van der Waals surface area contributed by atoms with Crippen LogP contribution in [0.15, 0.2) is 18.2 Å². The Bertz CT molecular complexity index is 509. The Morgan fingerprint density at radius 3 is 2.59 bits per heavy atom. The van der Waals surface area contributed by atoms with E-state index < -0.39 is 0 Å². The second-order valence-electron chi connectivity index (χ2n) is 6.36. The number of hydrogen-bond acceptors (Lipinski definition) is 3. The molecular formula is C17H27N3O2. The summed E-state index contributed by atoms with van der Waals surface area (Å²) < 4.78 is 0. The summed E-state index contributed by atoms with van der Waals surface area (Å²) in [4.78, 5) is 14.1. The van der Waals surface area contributed by atoms with Gasteiger partial charge in [-0.15, -0.1) is 0 Å². The van der Waals surface area contributed by atoms with Crippen molar-refractivity contribution in [1.82, 2.24) is 10.6 Å². The summed E-state index contributed by atoms with van der Waals surface area (Å²) >= 11 is 0. The molecule has 1 aromatic carbocycles. The lowest BCUT2D eigenvalue weighted by molar-refractivity contribution is 0.117. The van der Waals surface area contributed by atoms with Gasteiger partial charge in [0.25, 0.3) is 0 Å². The van der Waals surface area contributed by atoms with E-state index in [0.717, 1.165) is 36.9 Å². The SMILES string of the molecule is Cc1ccc(CNC(=O)NC2CCC(O)CC2)c(N(C)C)c1. The molecule has 0 saturated heterocycles. The number of carbonyl (C=O) groups excluding carboxylic acids is 1. The van der Waals surface area contributed by atoms with Crippen molar-refractivity contribution in [3.63, 3.8) is 0 Å². The molecule has 22 heavy (non-hydrogen) atoms. The van der Waals surface area contributed by atoms with E-state index in [2.05, 4.69) is 40.7 Å². The van der Waals surface area contributed by atoms with Crippen LogP contribution in [0.25, 0.3) is 0 Å². The van der Waals surface area contributed by atoms with Gasteiger partial charge in [-0.3, -0.25) is 0 Å². The van der Waals surface area contributed by atoms with Gasteiger partial charge < -0.3 is 20.6 Å². The number of aliphatic hydroxyl groups is 1. The summed E-state index contributed by atoms with van der Waals surface area (Å²) in [7, 11) is 4.01. The molecule has 1 aromatic rings. The van der Waals surface area contributed by atoms with E-state index in [4.69, 9.17) is 0 Å². The molecule has 3 N–H and O–H groups in total. The zero-order valence-corrected chi connectivity index (χ0v) is 13.7. The van der Waals surface area contributed by atoms with Crippen molar-refractivity contribution < 1.29 is 9.90 Å². The van der Waals surface area contributed by atoms with Crippen molar-refractivity contribution >= 4 is 11.7 Å². The molecule has 1 aliphatic rings. The van der Waals surface area contributed by atoms with Gasteiger partial charge in [-0.25, -0.2) is 4.79 Å². The van der Waals surface area contributed by atoms with Gasteiger partial charge in [-0.1, -0.05) is 12.1 Å². The first kappa shape index (κ1) is 16.6. The van der Waals surface area contributed by atoms with Crippen molar-refractivity contribution in [3.8, 4) is 0 Å². The molecule has 0 bridgehead atoms. The number of aliphatic hydroxyl groups excluding tert-OH is 1. The van der Waals surface area contributed by atoms with E-state index in [1.165, 1.54) is 5.56 Å². The molecule has 0 radical (unpaired) electrons. The highest BCUT2D eigenvalue weighted by atomic mass is 16.3. The van der Waals surface area contributed by atoms with Gasteiger partial charge in [0.1, 0.15) is 0 Å². The van der Waals surface area contributed by atoms with Crippen LogP contribution in [0.2, 0.25) is 0 Å². The number of benzene rings is 1. The standard InChI is InChI=1S/C17H27N3O2/c1-12-4-5-13(16(10-12)20(2)3)11-18-17(22)19-14-6-8-15(21)9-7-14/h4-5,10,14-15,21H,6-9,11H2,1-3H3,(H2,18,19,22). The second kappa shape index (κ2) is 7.49. The zero-order chi connectivity index (χ0) is 16.1. The van der Waals surface area contributed by atoms with Crippen LogP contribution in [0.3, 0.4) is 0 Å². The molecule has 5 nitrogen and oxygen atoms in total. The van der Waals surface area contributed by atoms with Crippen LogP contribution in [-0.2, 0) is 6.54 Å². The number of anilines is 1. The van der Waals surface area contributed by atoms with E-state index in [1.807, 2.05) is 14.1 Å². The molecule has 0 aliphatic heterocycles. The normalized spacial score (nSPS) is 21.3. The number of rotatable bonds is 4. The summed E-state index contributed by atoms with van der Waals surface area (Å²) in [6, 6.07) is 6.28. The Kier molecular flexibility index (Phi) is 5.66. The van der Waals surface area contributed by atoms with Gasteiger partial charge in [0.2, 0.25) is 0 Å². The Morgan fingerprint density at radius 1 is 1.27 bits per heavy atom. The third kappa shape index (κ3) is 4.63. The minimum Gasteiger partial charge on any atom is -0.393 e. The summed E-state index contributed by atoms with van der Waals surface area (Å²) in [5.74, 6) is 0. The Morgan fingerprint density at radius 2 is 1.95 bits per heavy atom. The van der Waals surface area contributed by atoms with E-state index >= 15 is 0 Å². The number of hydrogen-bond donors (Lipinski definition) is 3. The predicted octanol–water partition coefficient (Wildman–Crippen LogP) is 2.16. The first-order valence-electron chi connectivity index (χ1n) is 7.95. The highest BCUT2D eigenvalue weighted by molar-refractivity contribution is 5.74. The molecule has 0 unspecified atom stereocenters. The topological polar surface area (TPSA) is 64.6 Å². The number of carbonyl (C=O) groups is 1. The van der Waals surface area contributed by atoms with Crippen LogP contribution in [0.1, 0.15) is 36.8 Å². The van der Waals surface area contributed by atoms with Crippen LogP contribution in [0.5, 0.6) is 0 Å². The number of urea groups is 1. The maximum Gasteiger partial charge on any atom is 0.315 e. The van der Waals surface area contributed by atoms with Crippen molar-refractivity contribution in [2.75, 3.05) is 19.0 Å². The summed E-state index contributed by atoms with van der Waals surface area (Å²) in [5.41, 5.74) is 3.43. The largest absolute Gasteiger partial charge is 0.393 e. The Labute approximate surface area is 132 Å². The van der Waals surface area contributed by atoms with Gasteiger partial charge in [-0.2, -0.15) is 0 Å². The molecule has 0 atom stereocenters. The minimum absolute atomic E-state index is 0.133. The molecule has 2 amide bonds. The molecule has 122 valence electrons.